The van der Waals surface area contributed by atoms with Crippen molar-refractivity contribution < 1.29 is 14.2 Å². The van der Waals surface area contributed by atoms with Crippen molar-refractivity contribution >= 4 is 21.8 Å². The molecule has 2 atom stereocenters. The standard InChI is InChI=1S/C26H55ClO3Si.H3N/c1-7-8-9-10-11-12-13-14-15-16-17-18-19-20-21-22-23-24(2,27)25(3,28-4)26(31,29-5)30-6;/h7-23H2,1-6,31H3;1H3. The minimum atomic E-state index is -0.757. The highest BCUT2D eigenvalue weighted by Crippen LogP contribution is 2.44. The predicted octanol–water partition coefficient (Wildman–Crippen LogP) is 7.51. The third-order valence-electron chi connectivity index (χ3n) is 7.55. The summed E-state index contributed by atoms with van der Waals surface area (Å²) in [6.07, 6.45) is 22.9. The largest absolute Gasteiger partial charge is 0.372 e. The van der Waals surface area contributed by atoms with Crippen LogP contribution in [0.2, 0.25) is 0 Å². The van der Waals surface area contributed by atoms with Gasteiger partial charge in [0.25, 0.3) is 0 Å². The Balaban J connectivity index is 0. The second-order valence-corrected chi connectivity index (χ2v) is 12.0. The van der Waals surface area contributed by atoms with Gasteiger partial charge in [0.15, 0.2) is 5.41 Å². The van der Waals surface area contributed by atoms with E-state index in [2.05, 4.69) is 13.8 Å². The lowest BCUT2D eigenvalue weighted by molar-refractivity contribution is -0.262. The molecule has 2 unspecified atom stereocenters. The van der Waals surface area contributed by atoms with E-state index in [1.54, 1.807) is 21.3 Å². The van der Waals surface area contributed by atoms with Gasteiger partial charge in [0.2, 0.25) is 0 Å². The third-order valence-corrected chi connectivity index (χ3v) is 9.87. The summed E-state index contributed by atoms with van der Waals surface area (Å²) in [7, 11) is 5.73. The minimum Gasteiger partial charge on any atom is -0.372 e. The van der Waals surface area contributed by atoms with E-state index < -0.39 is 15.9 Å². The molecule has 0 heterocycles. The third kappa shape index (κ3) is 12.2. The normalized spacial score (nSPS) is 15.8. The molecule has 0 saturated carbocycles. The molecule has 0 aliphatic heterocycles. The molecule has 0 rings (SSSR count). The molecule has 0 aromatic rings. The summed E-state index contributed by atoms with van der Waals surface area (Å²) in [4.78, 5) is -0.536. The van der Waals surface area contributed by atoms with Crippen molar-refractivity contribution in [3.63, 3.8) is 0 Å². The van der Waals surface area contributed by atoms with Crippen LogP contribution in [-0.4, -0.2) is 47.5 Å². The van der Waals surface area contributed by atoms with E-state index in [4.69, 9.17) is 25.8 Å². The van der Waals surface area contributed by atoms with Crippen molar-refractivity contribution in [2.24, 2.45) is 0 Å². The molecule has 4 nitrogen and oxygen atoms in total. The fourth-order valence-corrected chi connectivity index (χ4v) is 5.88. The molecular weight excluding hydrogens is 438 g/mol. The molecule has 6 heteroatoms. The molecule has 3 N–H and O–H groups in total. The van der Waals surface area contributed by atoms with Crippen LogP contribution in [0.4, 0.5) is 0 Å². The van der Waals surface area contributed by atoms with Crippen molar-refractivity contribution in [1.29, 1.82) is 0 Å². The van der Waals surface area contributed by atoms with Gasteiger partial charge in [-0.2, -0.15) is 0 Å². The van der Waals surface area contributed by atoms with E-state index in [-0.39, 0.29) is 6.15 Å². The summed E-state index contributed by atoms with van der Waals surface area (Å²) in [6.45, 7) is 6.37. The van der Waals surface area contributed by atoms with Gasteiger partial charge in [-0.15, -0.1) is 11.6 Å². The van der Waals surface area contributed by atoms with Gasteiger partial charge < -0.3 is 20.4 Å². The number of ether oxygens (including phenoxy) is 3. The van der Waals surface area contributed by atoms with Crippen LogP contribution in [0.1, 0.15) is 130 Å². The van der Waals surface area contributed by atoms with Gasteiger partial charge in [0.05, 0.1) is 15.1 Å². The summed E-state index contributed by atoms with van der Waals surface area (Å²) in [5, 5.41) is 0. The van der Waals surface area contributed by atoms with Gasteiger partial charge in [-0.25, -0.2) is 0 Å². The first-order valence-electron chi connectivity index (χ1n) is 13.1. The van der Waals surface area contributed by atoms with Gasteiger partial charge in [0, 0.05) is 21.3 Å². The van der Waals surface area contributed by atoms with E-state index in [1.165, 1.54) is 96.3 Å². The summed E-state index contributed by atoms with van der Waals surface area (Å²) in [5.74, 6) is 0. The Bertz CT molecular complexity index is 422. The Morgan fingerprint density at radius 3 is 1.19 bits per heavy atom. The molecule has 0 aromatic heterocycles. The van der Waals surface area contributed by atoms with Crippen molar-refractivity contribution in [1.82, 2.24) is 6.15 Å². The monoisotopic (exact) mass is 495 g/mol. The van der Waals surface area contributed by atoms with Crippen LogP contribution in [0.25, 0.3) is 0 Å². The maximum absolute atomic E-state index is 6.99. The molecule has 0 fully saturated rings. The van der Waals surface area contributed by atoms with Crippen LogP contribution in [0.15, 0.2) is 0 Å². The van der Waals surface area contributed by atoms with Crippen LogP contribution >= 0.6 is 11.6 Å². The molecule has 0 bridgehead atoms. The SMILES string of the molecule is CCCCCCCCCCCCCCCCCCC(C)(Cl)C(C)(OC)C([SiH3])(OC)OC.N. The average Bonchev–Trinajstić information content (AvgIpc) is 2.77. The van der Waals surface area contributed by atoms with Crippen molar-refractivity contribution in [3.05, 3.63) is 0 Å². The second-order valence-electron chi connectivity index (χ2n) is 9.84. The summed E-state index contributed by atoms with van der Waals surface area (Å²) in [6, 6.07) is 0. The number of methoxy groups -OCH3 is 3. The number of hydrogen-bond acceptors (Lipinski definition) is 4. The molecule has 0 spiro atoms. The Kier molecular flexibility index (Phi) is 21.2. The highest BCUT2D eigenvalue weighted by Gasteiger charge is 2.56. The second kappa shape index (κ2) is 19.6. The van der Waals surface area contributed by atoms with Crippen LogP contribution in [0, 0.1) is 0 Å². The first-order valence-corrected chi connectivity index (χ1v) is 14.5. The molecule has 0 saturated heterocycles. The van der Waals surface area contributed by atoms with Crippen LogP contribution in [0.5, 0.6) is 0 Å². The lowest BCUT2D eigenvalue weighted by Gasteiger charge is -2.51. The van der Waals surface area contributed by atoms with Crippen molar-refractivity contribution in [2.75, 3.05) is 21.3 Å². The van der Waals surface area contributed by atoms with Gasteiger partial charge in [-0.1, -0.05) is 110 Å². The van der Waals surface area contributed by atoms with Gasteiger partial charge in [0.1, 0.15) is 5.60 Å². The minimum absolute atomic E-state index is 0. The zero-order valence-electron chi connectivity index (χ0n) is 22.8. The first kappa shape index (κ1) is 34.5. The number of unbranched alkanes of at least 4 members (excludes halogenated alkanes) is 15. The van der Waals surface area contributed by atoms with Crippen molar-refractivity contribution in [2.45, 2.75) is 146 Å². The fourth-order valence-electron chi connectivity index (χ4n) is 4.59. The zero-order valence-corrected chi connectivity index (χ0v) is 25.6. The van der Waals surface area contributed by atoms with E-state index in [9.17, 15) is 0 Å². The van der Waals surface area contributed by atoms with E-state index in [0.717, 1.165) is 12.8 Å². The molecule has 0 aromatic carbocycles. The quantitative estimate of drug-likeness (QED) is 0.0729. The van der Waals surface area contributed by atoms with Crippen LogP contribution in [-0.2, 0) is 14.2 Å². The molecular formula is C26H58ClNO3Si. The lowest BCUT2D eigenvalue weighted by atomic mass is 9.83. The summed E-state index contributed by atoms with van der Waals surface area (Å²) < 4.78 is 17.3. The number of alkyl halides is 1. The van der Waals surface area contributed by atoms with Gasteiger partial charge in [-0.05, 0) is 20.3 Å². The zero-order chi connectivity index (χ0) is 23.6. The predicted molar refractivity (Wildman–Crippen MR) is 146 cm³/mol. The highest BCUT2D eigenvalue weighted by molar-refractivity contribution is 6.26. The molecule has 32 heavy (non-hydrogen) atoms. The van der Waals surface area contributed by atoms with Crippen LogP contribution < -0.4 is 6.15 Å². The van der Waals surface area contributed by atoms with E-state index in [1.807, 2.05) is 6.92 Å². The summed E-state index contributed by atoms with van der Waals surface area (Å²) in [5.41, 5.74) is -1.44. The maximum Gasteiger partial charge on any atom is 0.169 e. The van der Waals surface area contributed by atoms with Gasteiger partial charge >= 0.3 is 0 Å². The Morgan fingerprint density at radius 2 is 0.906 bits per heavy atom. The topological polar surface area (TPSA) is 62.7 Å². The number of rotatable bonds is 22. The molecule has 196 valence electrons. The van der Waals surface area contributed by atoms with Crippen LogP contribution in [0.3, 0.4) is 0 Å². The Hall–Kier alpha value is 0.347. The number of halogens is 1. The Morgan fingerprint density at radius 1 is 0.594 bits per heavy atom. The first-order chi connectivity index (χ1) is 14.7. The highest BCUT2D eigenvalue weighted by atomic mass is 35.5. The smallest absolute Gasteiger partial charge is 0.169 e. The van der Waals surface area contributed by atoms with E-state index >= 15 is 0 Å². The maximum atomic E-state index is 6.99. The average molecular weight is 496 g/mol. The lowest BCUT2D eigenvalue weighted by Crippen LogP contribution is -2.66. The Labute approximate surface area is 209 Å². The molecule has 0 aliphatic rings. The molecule has 0 radical (unpaired) electrons. The molecule has 0 amide bonds. The summed E-state index contributed by atoms with van der Waals surface area (Å²) >= 11 is 6.99. The van der Waals surface area contributed by atoms with Gasteiger partial charge in [-0.3, -0.25) is 0 Å². The number of hydrogen-bond donors (Lipinski definition) is 1. The fraction of sp³-hybridized carbons (Fsp3) is 1.00. The molecule has 0 aliphatic carbocycles. The van der Waals surface area contributed by atoms with E-state index in [0.29, 0.717) is 10.2 Å². The van der Waals surface area contributed by atoms with Crippen molar-refractivity contribution in [3.8, 4) is 0 Å².